The van der Waals surface area contributed by atoms with Crippen molar-refractivity contribution in [2.24, 2.45) is 0 Å². The molecule has 1 aliphatic rings. The van der Waals surface area contributed by atoms with Crippen molar-refractivity contribution in [3.8, 4) is 0 Å². The van der Waals surface area contributed by atoms with Crippen molar-refractivity contribution in [3.05, 3.63) is 65.2 Å². The van der Waals surface area contributed by atoms with Gasteiger partial charge in [-0.25, -0.2) is 8.78 Å². The molecule has 0 spiro atoms. The fourth-order valence-electron chi connectivity index (χ4n) is 3.65. The molecule has 6 heteroatoms. The SMILES string of the molecule is CC(C)c1ccc(C[NH+]2CC[NH+](CC(=O)Nc3c(F)cccc3F)CC2)cc1. The van der Waals surface area contributed by atoms with Crippen LogP contribution in [0, 0.1) is 11.6 Å². The first kappa shape index (κ1) is 20.4. The minimum atomic E-state index is -0.749. The summed E-state index contributed by atoms with van der Waals surface area (Å²) < 4.78 is 27.3. The van der Waals surface area contributed by atoms with Crippen molar-refractivity contribution >= 4 is 11.6 Å². The number of hydrogen-bond donors (Lipinski definition) is 3. The summed E-state index contributed by atoms with van der Waals surface area (Å²) in [5.74, 6) is -1.31. The van der Waals surface area contributed by atoms with Gasteiger partial charge in [-0.1, -0.05) is 44.2 Å². The number of carbonyl (C=O) groups excluding carboxylic acids is 1. The summed E-state index contributed by atoms with van der Waals surface area (Å²) >= 11 is 0. The highest BCUT2D eigenvalue weighted by atomic mass is 19.1. The smallest absolute Gasteiger partial charge is 0.279 e. The zero-order valence-corrected chi connectivity index (χ0v) is 16.5. The van der Waals surface area contributed by atoms with Crippen LogP contribution in [-0.4, -0.2) is 38.6 Å². The Labute approximate surface area is 165 Å². The summed E-state index contributed by atoms with van der Waals surface area (Å²) in [6.45, 7) is 9.28. The van der Waals surface area contributed by atoms with E-state index in [0.29, 0.717) is 5.92 Å². The molecule has 4 nitrogen and oxygen atoms in total. The molecule has 2 aromatic rings. The molecule has 3 rings (SSSR count). The van der Waals surface area contributed by atoms with E-state index in [2.05, 4.69) is 43.4 Å². The molecule has 1 aliphatic heterocycles. The highest BCUT2D eigenvalue weighted by Crippen LogP contribution is 2.17. The normalized spacial score (nSPS) is 19.6. The molecular formula is C22H29F2N3O+2. The maximum atomic E-state index is 13.7. The lowest BCUT2D eigenvalue weighted by Gasteiger charge is -2.29. The average molecular weight is 389 g/mol. The summed E-state index contributed by atoms with van der Waals surface area (Å²) in [6, 6.07) is 12.4. The van der Waals surface area contributed by atoms with E-state index in [4.69, 9.17) is 0 Å². The summed E-state index contributed by atoms with van der Waals surface area (Å²) in [5.41, 5.74) is 2.32. The van der Waals surface area contributed by atoms with Crippen LogP contribution in [0.25, 0.3) is 0 Å². The van der Waals surface area contributed by atoms with Gasteiger partial charge < -0.3 is 15.1 Å². The number of rotatable bonds is 6. The van der Waals surface area contributed by atoms with E-state index in [-0.39, 0.29) is 18.1 Å². The summed E-state index contributed by atoms with van der Waals surface area (Å²) in [4.78, 5) is 14.8. The number of para-hydroxylation sites is 1. The zero-order chi connectivity index (χ0) is 20.1. The van der Waals surface area contributed by atoms with Gasteiger partial charge in [-0.15, -0.1) is 0 Å². The van der Waals surface area contributed by atoms with Gasteiger partial charge in [-0.05, 0) is 23.6 Å². The zero-order valence-electron chi connectivity index (χ0n) is 16.5. The maximum Gasteiger partial charge on any atom is 0.279 e. The van der Waals surface area contributed by atoms with Crippen molar-refractivity contribution in [1.82, 2.24) is 0 Å². The quantitative estimate of drug-likeness (QED) is 0.678. The lowest BCUT2D eigenvalue weighted by atomic mass is 10.0. The molecule has 0 unspecified atom stereocenters. The Hall–Kier alpha value is -2.31. The fraction of sp³-hybridized carbons (Fsp3) is 0.409. The molecule has 1 heterocycles. The van der Waals surface area contributed by atoms with Gasteiger partial charge in [-0.2, -0.15) is 0 Å². The van der Waals surface area contributed by atoms with E-state index in [1.165, 1.54) is 22.1 Å². The molecular weight excluding hydrogens is 360 g/mol. The van der Waals surface area contributed by atoms with Crippen molar-refractivity contribution < 1.29 is 23.4 Å². The van der Waals surface area contributed by atoms with Crippen molar-refractivity contribution in [1.29, 1.82) is 0 Å². The molecule has 0 saturated carbocycles. The van der Waals surface area contributed by atoms with Crippen LogP contribution in [0.3, 0.4) is 0 Å². The number of halogens is 2. The number of hydrogen-bond acceptors (Lipinski definition) is 1. The van der Waals surface area contributed by atoms with E-state index in [1.807, 2.05) is 0 Å². The second-order valence-corrected chi connectivity index (χ2v) is 7.89. The number of carbonyl (C=O) groups is 1. The molecule has 0 radical (unpaired) electrons. The van der Waals surface area contributed by atoms with Crippen LogP contribution in [-0.2, 0) is 11.3 Å². The first-order valence-corrected chi connectivity index (χ1v) is 9.92. The minimum absolute atomic E-state index is 0.226. The third-order valence-electron chi connectivity index (χ3n) is 5.40. The van der Waals surface area contributed by atoms with Crippen LogP contribution in [0.2, 0.25) is 0 Å². The number of piperazine rings is 1. The molecule has 150 valence electrons. The lowest BCUT2D eigenvalue weighted by Crippen LogP contribution is -3.28. The Kier molecular flexibility index (Phi) is 6.75. The Bertz CT molecular complexity index is 780. The van der Waals surface area contributed by atoms with Gasteiger partial charge in [0.2, 0.25) is 0 Å². The first-order chi connectivity index (χ1) is 13.4. The maximum absolute atomic E-state index is 13.7. The standard InChI is InChI=1S/C22H27F2N3O/c1-16(2)18-8-6-17(7-9-18)14-26-10-12-27(13-11-26)15-21(28)25-22-19(23)4-3-5-20(22)24/h3-9,16H,10-15H2,1-2H3,(H,25,28)/p+2. The molecule has 0 atom stereocenters. The Balaban J connectivity index is 1.45. The molecule has 0 aromatic heterocycles. The molecule has 3 N–H and O–H groups in total. The molecule has 1 saturated heterocycles. The van der Waals surface area contributed by atoms with Crippen LogP contribution in [0.5, 0.6) is 0 Å². The van der Waals surface area contributed by atoms with E-state index in [0.717, 1.165) is 49.8 Å². The monoisotopic (exact) mass is 389 g/mol. The minimum Gasteiger partial charge on any atom is -0.322 e. The molecule has 0 aliphatic carbocycles. The lowest BCUT2D eigenvalue weighted by molar-refractivity contribution is -1.02. The Morgan fingerprint density at radius 1 is 0.964 bits per heavy atom. The van der Waals surface area contributed by atoms with Gasteiger partial charge >= 0.3 is 0 Å². The topological polar surface area (TPSA) is 38.0 Å². The predicted molar refractivity (Wildman–Crippen MR) is 105 cm³/mol. The fourth-order valence-corrected chi connectivity index (χ4v) is 3.65. The van der Waals surface area contributed by atoms with Gasteiger partial charge in [0.1, 0.15) is 50.0 Å². The van der Waals surface area contributed by atoms with Gasteiger partial charge in [-0.3, -0.25) is 4.79 Å². The average Bonchev–Trinajstić information content (AvgIpc) is 2.67. The van der Waals surface area contributed by atoms with E-state index in [1.54, 1.807) is 0 Å². The third-order valence-corrected chi connectivity index (χ3v) is 5.40. The summed E-state index contributed by atoms with van der Waals surface area (Å²) in [6.07, 6.45) is 0. The second-order valence-electron chi connectivity index (χ2n) is 7.89. The molecule has 1 fully saturated rings. The number of anilines is 1. The van der Waals surface area contributed by atoms with Gasteiger partial charge in [0.15, 0.2) is 6.54 Å². The summed E-state index contributed by atoms with van der Waals surface area (Å²) in [7, 11) is 0. The van der Waals surface area contributed by atoms with Crippen LogP contribution < -0.4 is 15.1 Å². The highest BCUT2D eigenvalue weighted by Gasteiger charge is 2.25. The van der Waals surface area contributed by atoms with Crippen molar-refractivity contribution in [2.75, 3.05) is 38.0 Å². The van der Waals surface area contributed by atoms with Crippen LogP contribution in [0.1, 0.15) is 30.9 Å². The highest BCUT2D eigenvalue weighted by molar-refractivity contribution is 5.91. The van der Waals surface area contributed by atoms with Crippen LogP contribution >= 0.6 is 0 Å². The number of amides is 1. The van der Waals surface area contributed by atoms with Gasteiger partial charge in [0.05, 0.1) is 0 Å². The number of nitrogens with one attached hydrogen (secondary N) is 3. The molecule has 0 bridgehead atoms. The van der Waals surface area contributed by atoms with Gasteiger partial charge in [0.25, 0.3) is 5.91 Å². The number of quaternary nitrogens is 2. The summed E-state index contributed by atoms with van der Waals surface area (Å²) in [5, 5.41) is 2.37. The van der Waals surface area contributed by atoms with Crippen molar-refractivity contribution in [3.63, 3.8) is 0 Å². The van der Waals surface area contributed by atoms with E-state index >= 15 is 0 Å². The van der Waals surface area contributed by atoms with Crippen LogP contribution in [0.15, 0.2) is 42.5 Å². The largest absolute Gasteiger partial charge is 0.322 e. The number of benzene rings is 2. The van der Waals surface area contributed by atoms with E-state index in [9.17, 15) is 13.6 Å². The predicted octanol–water partition coefficient (Wildman–Crippen LogP) is 1.01. The van der Waals surface area contributed by atoms with E-state index < -0.39 is 11.6 Å². The molecule has 2 aromatic carbocycles. The molecule has 28 heavy (non-hydrogen) atoms. The van der Waals surface area contributed by atoms with Gasteiger partial charge in [0, 0.05) is 5.56 Å². The van der Waals surface area contributed by atoms with Crippen molar-refractivity contribution in [2.45, 2.75) is 26.3 Å². The Morgan fingerprint density at radius 2 is 1.54 bits per heavy atom. The Morgan fingerprint density at radius 3 is 2.11 bits per heavy atom. The van der Waals surface area contributed by atoms with Crippen LogP contribution in [0.4, 0.5) is 14.5 Å². The third kappa shape index (κ3) is 5.36. The molecule has 1 amide bonds. The first-order valence-electron chi connectivity index (χ1n) is 9.92. The second kappa shape index (κ2) is 9.26.